The van der Waals surface area contributed by atoms with Gasteiger partial charge in [-0.15, -0.1) is 0 Å². The molecule has 1 aliphatic rings. The Kier molecular flexibility index (Phi) is 3.57. The lowest BCUT2D eigenvalue weighted by Gasteiger charge is -2.46. The average Bonchev–Trinajstić information content (AvgIpc) is 2.17. The first-order valence-electron chi connectivity index (χ1n) is 5.47. The third kappa shape index (κ3) is 2.19. The van der Waals surface area contributed by atoms with Gasteiger partial charge in [-0.05, 0) is 20.8 Å². The van der Waals surface area contributed by atoms with Gasteiger partial charge in [0.15, 0.2) is 0 Å². The maximum Gasteiger partial charge on any atom is 0.329 e. The summed E-state index contributed by atoms with van der Waals surface area (Å²) >= 11 is 0. The molecule has 1 unspecified atom stereocenters. The van der Waals surface area contributed by atoms with Crippen LogP contribution in [-0.2, 0) is 14.3 Å². The van der Waals surface area contributed by atoms with Crippen molar-refractivity contribution in [2.24, 2.45) is 0 Å². The van der Waals surface area contributed by atoms with E-state index in [-0.39, 0.29) is 0 Å². The highest BCUT2D eigenvalue weighted by molar-refractivity contribution is 5.81. The number of carbonyl (C=O) groups is 2. The highest BCUT2D eigenvalue weighted by atomic mass is 16.5. The largest absolute Gasteiger partial charge is 0.479 e. The van der Waals surface area contributed by atoms with Gasteiger partial charge < -0.3 is 14.7 Å². The molecule has 1 N–H and O–H groups in total. The monoisotopic (exact) mass is 229 g/mol. The fourth-order valence-corrected chi connectivity index (χ4v) is 2.37. The van der Waals surface area contributed by atoms with E-state index in [4.69, 9.17) is 4.74 Å². The summed E-state index contributed by atoms with van der Waals surface area (Å²) in [6.45, 7) is 6.24. The average molecular weight is 229 g/mol. The standard InChI is InChI=1S/C11H19NO4/c1-4-12(8-13)11(9(14)15)5-6-16-10(2,3)7-11/h8H,4-7H2,1-3H3,(H,14,15). The Morgan fingerprint density at radius 1 is 1.56 bits per heavy atom. The lowest BCUT2D eigenvalue weighted by atomic mass is 9.80. The van der Waals surface area contributed by atoms with Crippen molar-refractivity contribution in [3.05, 3.63) is 0 Å². The Balaban J connectivity index is 3.05. The molecule has 0 aromatic heterocycles. The van der Waals surface area contributed by atoms with Crippen molar-refractivity contribution in [3.8, 4) is 0 Å². The van der Waals surface area contributed by atoms with E-state index in [1.54, 1.807) is 6.92 Å². The molecular formula is C11H19NO4. The van der Waals surface area contributed by atoms with Crippen molar-refractivity contribution in [2.75, 3.05) is 13.2 Å². The van der Waals surface area contributed by atoms with Crippen LogP contribution in [0.5, 0.6) is 0 Å². The number of aliphatic carboxylic acids is 1. The number of carboxylic acid groups (broad SMARTS) is 1. The zero-order chi connectivity index (χ0) is 12.4. The van der Waals surface area contributed by atoms with Crippen molar-refractivity contribution in [2.45, 2.75) is 44.8 Å². The van der Waals surface area contributed by atoms with Crippen molar-refractivity contribution < 1.29 is 19.4 Å². The van der Waals surface area contributed by atoms with Crippen molar-refractivity contribution in [3.63, 3.8) is 0 Å². The van der Waals surface area contributed by atoms with E-state index in [0.717, 1.165) is 0 Å². The molecule has 0 aromatic rings. The third-order valence-electron chi connectivity index (χ3n) is 3.14. The minimum atomic E-state index is -1.11. The van der Waals surface area contributed by atoms with Gasteiger partial charge in [0.1, 0.15) is 5.54 Å². The molecule has 1 aliphatic heterocycles. The zero-order valence-corrected chi connectivity index (χ0v) is 10.0. The number of hydrogen-bond acceptors (Lipinski definition) is 3. The van der Waals surface area contributed by atoms with Gasteiger partial charge in [-0.2, -0.15) is 0 Å². The van der Waals surface area contributed by atoms with Gasteiger partial charge in [-0.3, -0.25) is 4.79 Å². The Hall–Kier alpha value is -1.10. The van der Waals surface area contributed by atoms with Gasteiger partial charge in [0.2, 0.25) is 6.41 Å². The van der Waals surface area contributed by atoms with Gasteiger partial charge in [0, 0.05) is 19.4 Å². The first-order valence-corrected chi connectivity index (χ1v) is 5.47. The highest BCUT2D eigenvalue weighted by Gasteiger charge is 2.50. The second-order valence-corrected chi connectivity index (χ2v) is 4.76. The number of nitrogens with zero attached hydrogens (tertiary/aromatic N) is 1. The molecule has 1 saturated heterocycles. The summed E-state index contributed by atoms with van der Waals surface area (Å²) in [5.41, 5.74) is -1.62. The number of amides is 1. The molecule has 0 aliphatic carbocycles. The van der Waals surface area contributed by atoms with Crippen molar-refractivity contribution in [1.82, 2.24) is 4.90 Å². The molecule has 0 radical (unpaired) electrons. The molecule has 16 heavy (non-hydrogen) atoms. The van der Waals surface area contributed by atoms with Crippen LogP contribution >= 0.6 is 0 Å². The van der Waals surface area contributed by atoms with E-state index in [1.165, 1.54) is 4.90 Å². The normalized spacial score (nSPS) is 28.4. The summed E-state index contributed by atoms with van der Waals surface area (Å²) in [7, 11) is 0. The van der Waals surface area contributed by atoms with E-state index in [0.29, 0.717) is 32.4 Å². The Bertz CT molecular complexity index is 290. The van der Waals surface area contributed by atoms with E-state index in [2.05, 4.69) is 0 Å². The predicted molar refractivity (Wildman–Crippen MR) is 58.1 cm³/mol. The molecule has 92 valence electrons. The van der Waals surface area contributed by atoms with Crippen LogP contribution in [0.2, 0.25) is 0 Å². The Morgan fingerprint density at radius 2 is 2.19 bits per heavy atom. The van der Waals surface area contributed by atoms with Crippen LogP contribution in [0.15, 0.2) is 0 Å². The first kappa shape index (κ1) is 13.0. The predicted octanol–water partition coefficient (Wildman–Crippen LogP) is 0.877. The van der Waals surface area contributed by atoms with Crippen molar-refractivity contribution >= 4 is 12.4 Å². The molecule has 1 amide bonds. The van der Waals surface area contributed by atoms with Crippen LogP contribution in [0.1, 0.15) is 33.6 Å². The van der Waals surface area contributed by atoms with Crippen LogP contribution < -0.4 is 0 Å². The van der Waals surface area contributed by atoms with Gasteiger partial charge in [0.05, 0.1) is 12.2 Å². The summed E-state index contributed by atoms with van der Waals surface area (Å²) in [4.78, 5) is 23.8. The lowest BCUT2D eigenvalue weighted by Crippen LogP contribution is -2.60. The molecule has 5 nitrogen and oxygen atoms in total. The fourth-order valence-electron chi connectivity index (χ4n) is 2.37. The third-order valence-corrected chi connectivity index (χ3v) is 3.14. The topological polar surface area (TPSA) is 66.8 Å². The van der Waals surface area contributed by atoms with Crippen LogP contribution in [0, 0.1) is 0 Å². The molecule has 1 rings (SSSR count). The second-order valence-electron chi connectivity index (χ2n) is 4.76. The molecule has 1 atom stereocenters. The first-order chi connectivity index (χ1) is 7.38. The molecule has 5 heteroatoms. The number of carboxylic acids is 1. The molecule has 1 fully saturated rings. The molecular weight excluding hydrogens is 210 g/mol. The molecule has 0 bridgehead atoms. The van der Waals surface area contributed by atoms with E-state index < -0.39 is 17.1 Å². The molecule has 0 saturated carbocycles. The number of hydrogen-bond donors (Lipinski definition) is 1. The zero-order valence-electron chi connectivity index (χ0n) is 10.0. The Morgan fingerprint density at radius 3 is 2.56 bits per heavy atom. The molecule has 1 heterocycles. The number of likely N-dealkylation sites (N-methyl/N-ethyl adjacent to an activating group) is 1. The fraction of sp³-hybridized carbons (Fsp3) is 0.818. The second kappa shape index (κ2) is 4.41. The van der Waals surface area contributed by atoms with E-state index >= 15 is 0 Å². The molecule has 0 spiro atoms. The highest BCUT2D eigenvalue weighted by Crippen LogP contribution is 2.36. The number of ether oxygens (including phenoxy) is 1. The smallest absolute Gasteiger partial charge is 0.329 e. The summed E-state index contributed by atoms with van der Waals surface area (Å²) in [5, 5.41) is 9.40. The van der Waals surface area contributed by atoms with Crippen LogP contribution in [0.4, 0.5) is 0 Å². The van der Waals surface area contributed by atoms with Gasteiger partial charge in [-0.1, -0.05) is 0 Å². The maximum absolute atomic E-state index is 11.5. The summed E-state index contributed by atoms with van der Waals surface area (Å²) in [6.07, 6.45) is 1.29. The minimum absolute atomic E-state index is 0.321. The van der Waals surface area contributed by atoms with Crippen LogP contribution in [-0.4, -0.2) is 46.7 Å². The maximum atomic E-state index is 11.5. The van der Waals surface area contributed by atoms with E-state index in [1.807, 2.05) is 13.8 Å². The summed E-state index contributed by atoms with van der Waals surface area (Å²) in [5.74, 6) is -0.946. The van der Waals surface area contributed by atoms with Crippen LogP contribution in [0.25, 0.3) is 0 Å². The summed E-state index contributed by atoms with van der Waals surface area (Å²) < 4.78 is 5.50. The van der Waals surface area contributed by atoms with Gasteiger partial charge in [-0.25, -0.2) is 4.79 Å². The van der Waals surface area contributed by atoms with E-state index in [9.17, 15) is 14.7 Å². The van der Waals surface area contributed by atoms with Gasteiger partial charge >= 0.3 is 5.97 Å². The van der Waals surface area contributed by atoms with Crippen molar-refractivity contribution in [1.29, 1.82) is 0 Å². The quantitative estimate of drug-likeness (QED) is 0.727. The number of rotatable bonds is 4. The van der Waals surface area contributed by atoms with Gasteiger partial charge in [0.25, 0.3) is 0 Å². The lowest BCUT2D eigenvalue weighted by molar-refractivity contribution is -0.174. The number of carbonyl (C=O) groups excluding carboxylic acids is 1. The Labute approximate surface area is 95.4 Å². The van der Waals surface area contributed by atoms with Crippen LogP contribution in [0.3, 0.4) is 0 Å². The molecule has 0 aromatic carbocycles. The minimum Gasteiger partial charge on any atom is -0.479 e. The summed E-state index contributed by atoms with van der Waals surface area (Å²) in [6, 6.07) is 0. The SMILES string of the molecule is CCN(C=O)C1(C(=O)O)CCOC(C)(C)C1.